The Kier molecular flexibility index (Phi) is 8.01. The molecule has 3 nitrogen and oxygen atoms in total. The number of carboxylic acids is 1. The van der Waals surface area contributed by atoms with Crippen LogP contribution in [0.25, 0.3) is 0 Å². The zero-order valence-corrected chi connectivity index (χ0v) is 9.78. The van der Waals surface area contributed by atoms with Gasteiger partial charge >= 0.3 is 5.97 Å². The van der Waals surface area contributed by atoms with E-state index in [0.29, 0.717) is 12.5 Å². The minimum absolute atomic E-state index is 0.118. The molecule has 0 aromatic heterocycles. The second-order valence-electron chi connectivity index (χ2n) is 4.16. The lowest BCUT2D eigenvalue weighted by atomic mass is 9.91. The molecule has 1 unspecified atom stereocenters. The van der Waals surface area contributed by atoms with E-state index in [1.807, 2.05) is 0 Å². The molecule has 0 fully saturated rings. The van der Waals surface area contributed by atoms with Crippen LogP contribution in [0.1, 0.15) is 39.5 Å². The monoisotopic (exact) mass is 213 g/mol. The molecule has 0 spiro atoms. The van der Waals surface area contributed by atoms with Crippen LogP contribution < -0.4 is 5.73 Å². The molecule has 0 aliphatic heterocycles. The first kappa shape index (κ1) is 14.2. The van der Waals surface area contributed by atoms with Gasteiger partial charge in [-0.1, -0.05) is 26.0 Å². The largest absolute Gasteiger partial charge is 0.481 e. The maximum Gasteiger partial charge on any atom is 0.303 e. The Labute approximate surface area is 92.4 Å². The predicted molar refractivity (Wildman–Crippen MR) is 62.6 cm³/mol. The van der Waals surface area contributed by atoms with E-state index in [0.717, 1.165) is 19.3 Å². The molecule has 0 bridgehead atoms. The van der Waals surface area contributed by atoms with E-state index >= 15 is 0 Å². The fraction of sp³-hybridized carbons (Fsp3) is 0.750. The van der Waals surface area contributed by atoms with Crippen LogP contribution in [0.3, 0.4) is 0 Å². The summed E-state index contributed by atoms with van der Waals surface area (Å²) in [6.45, 7) is 4.72. The molecule has 0 amide bonds. The number of aliphatic carboxylic acids is 1. The van der Waals surface area contributed by atoms with Gasteiger partial charge in [-0.3, -0.25) is 4.79 Å². The Hall–Kier alpha value is -0.830. The molecule has 0 radical (unpaired) electrons. The van der Waals surface area contributed by atoms with Crippen LogP contribution >= 0.6 is 0 Å². The summed E-state index contributed by atoms with van der Waals surface area (Å²) >= 11 is 0. The molecule has 0 aliphatic rings. The highest BCUT2D eigenvalue weighted by Crippen LogP contribution is 2.18. The summed E-state index contributed by atoms with van der Waals surface area (Å²) in [6, 6.07) is 0. The Morgan fingerprint density at radius 1 is 1.47 bits per heavy atom. The van der Waals surface area contributed by atoms with Crippen LogP contribution in [-0.4, -0.2) is 17.6 Å². The molecule has 3 heteroatoms. The molecule has 15 heavy (non-hydrogen) atoms. The Morgan fingerprint density at radius 3 is 2.60 bits per heavy atom. The van der Waals surface area contributed by atoms with Gasteiger partial charge in [0.2, 0.25) is 0 Å². The minimum Gasteiger partial charge on any atom is -0.481 e. The van der Waals surface area contributed by atoms with Crippen molar-refractivity contribution in [3.8, 4) is 0 Å². The van der Waals surface area contributed by atoms with Crippen molar-refractivity contribution in [1.82, 2.24) is 0 Å². The zero-order chi connectivity index (χ0) is 11.7. The second kappa shape index (κ2) is 8.48. The molecular weight excluding hydrogens is 190 g/mol. The predicted octanol–water partition coefficient (Wildman–Crippen LogP) is 2.42. The average Bonchev–Trinajstić information content (AvgIpc) is 2.16. The number of hydrogen-bond acceptors (Lipinski definition) is 2. The summed E-state index contributed by atoms with van der Waals surface area (Å²) in [5, 5.41) is 8.67. The van der Waals surface area contributed by atoms with E-state index in [1.165, 1.54) is 0 Å². The van der Waals surface area contributed by atoms with Gasteiger partial charge in [0.1, 0.15) is 0 Å². The minimum atomic E-state index is -0.748. The highest BCUT2D eigenvalue weighted by Gasteiger charge is 2.14. The van der Waals surface area contributed by atoms with Crippen LogP contribution in [-0.2, 0) is 4.79 Å². The van der Waals surface area contributed by atoms with Crippen molar-refractivity contribution in [2.24, 2.45) is 17.6 Å². The number of carboxylic acid groups (broad SMARTS) is 1. The van der Waals surface area contributed by atoms with E-state index in [1.54, 1.807) is 0 Å². The summed E-state index contributed by atoms with van der Waals surface area (Å²) in [5.41, 5.74) is 5.54. The third-order valence-electron chi connectivity index (χ3n) is 2.47. The van der Waals surface area contributed by atoms with Crippen LogP contribution in [0, 0.1) is 11.8 Å². The second-order valence-corrected chi connectivity index (χ2v) is 4.16. The molecule has 0 aromatic carbocycles. The first-order valence-electron chi connectivity index (χ1n) is 5.67. The number of hydrogen-bond donors (Lipinski definition) is 2. The summed E-state index contributed by atoms with van der Waals surface area (Å²) in [5.74, 6) is -0.116. The number of allylic oxidation sites excluding steroid dienone is 2. The fourth-order valence-electron chi connectivity index (χ4n) is 1.67. The molecule has 2 atom stereocenters. The Morgan fingerprint density at radius 2 is 2.13 bits per heavy atom. The topological polar surface area (TPSA) is 63.3 Å². The summed E-state index contributed by atoms with van der Waals surface area (Å²) in [7, 11) is 0. The van der Waals surface area contributed by atoms with Gasteiger partial charge in [0, 0.05) is 6.42 Å². The van der Waals surface area contributed by atoms with Crippen molar-refractivity contribution in [2.45, 2.75) is 39.5 Å². The van der Waals surface area contributed by atoms with Crippen LogP contribution in [0.15, 0.2) is 12.2 Å². The van der Waals surface area contributed by atoms with Gasteiger partial charge in [-0.2, -0.15) is 0 Å². The van der Waals surface area contributed by atoms with E-state index < -0.39 is 5.97 Å². The van der Waals surface area contributed by atoms with Gasteiger partial charge in [0.05, 0.1) is 0 Å². The first-order chi connectivity index (χ1) is 7.10. The molecule has 0 saturated heterocycles. The van der Waals surface area contributed by atoms with Gasteiger partial charge in [-0.15, -0.1) is 0 Å². The Bertz CT molecular complexity index is 202. The van der Waals surface area contributed by atoms with Crippen molar-refractivity contribution in [1.29, 1.82) is 0 Å². The lowest BCUT2D eigenvalue weighted by molar-refractivity contribution is -0.138. The normalized spacial score (nSPS) is 15.4. The van der Waals surface area contributed by atoms with Crippen molar-refractivity contribution >= 4 is 5.97 Å². The van der Waals surface area contributed by atoms with Gasteiger partial charge < -0.3 is 10.8 Å². The highest BCUT2D eigenvalue weighted by atomic mass is 16.4. The zero-order valence-electron chi connectivity index (χ0n) is 9.78. The maximum absolute atomic E-state index is 10.5. The van der Waals surface area contributed by atoms with Crippen LogP contribution in [0.5, 0.6) is 0 Å². The summed E-state index contributed by atoms with van der Waals surface area (Å²) in [6.07, 6.45) is 7.48. The third-order valence-corrected chi connectivity index (χ3v) is 2.47. The molecule has 0 aliphatic carbocycles. The van der Waals surface area contributed by atoms with E-state index in [2.05, 4.69) is 26.0 Å². The molecule has 0 rings (SSSR count). The lowest BCUT2D eigenvalue weighted by Crippen LogP contribution is -2.20. The molecule has 3 N–H and O–H groups in total. The highest BCUT2D eigenvalue weighted by molar-refractivity contribution is 5.67. The van der Waals surface area contributed by atoms with E-state index in [4.69, 9.17) is 10.8 Å². The van der Waals surface area contributed by atoms with Crippen molar-refractivity contribution in [3.63, 3.8) is 0 Å². The smallest absolute Gasteiger partial charge is 0.303 e. The number of carbonyl (C=O) groups is 1. The van der Waals surface area contributed by atoms with Crippen molar-refractivity contribution < 1.29 is 9.90 Å². The number of rotatable bonds is 8. The average molecular weight is 213 g/mol. The standard InChI is InChI=1S/C12H23NO2/c1-3-4-5-6-10(2)7-11(9-13)8-12(14)15/h4-5,10-11H,3,6-9,13H2,1-2H3,(H,14,15)/b5-4-/t10?,11-/m0/s1. The molecule has 0 heterocycles. The molecule has 0 aromatic rings. The van der Waals surface area contributed by atoms with Gasteiger partial charge in [0.15, 0.2) is 0 Å². The molecular formula is C12H23NO2. The van der Waals surface area contributed by atoms with E-state index in [-0.39, 0.29) is 12.3 Å². The van der Waals surface area contributed by atoms with Crippen LogP contribution in [0.2, 0.25) is 0 Å². The number of nitrogens with two attached hydrogens (primary N) is 1. The van der Waals surface area contributed by atoms with Gasteiger partial charge in [0.25, 0.3) is 0 Å². The third kappa shape index (κ3) is 8.18. The van der Waals surface area contributed by atoms with Gasteiger partial charge in [-0.25, -0.2) is 0 Å². The quantitative estimate of drug-likeness (QED) is 0.609. The van der Waals surface area contributed by atoms with Gasteiger partial charge in [-0.05, 0) is 37.6 Å². The molecule has 0 saturated carbocycles. The van der Waals surface area contributed by atoms with Crippen molar-refractivity contribution in [2.75, 3.05) is 6.54 Å². The lowest BCUT2D eigenvalue weighted by Gasteiger charge is -2.16. The summed E-state index contributed by atoms with van der Waals surface area (Å²) < 4.78 is 0. The molecule has 88 valence electrons. The van der Waals surface area contributed by atoms with E-state index in [9.17, 15) is 4.79 Å². The summed E-state index contributed by atoms with van der Waals surface area (Å²) in [4.78, 5) is 10.5. The maximum atomic E-state index is 10.5. The first-order valence-corrected chi connectivity index (χ1v) is 5.67. The fourth-order valence-corrected chi connectivity index (χ4v) is 1.67. The SMILES string of the molecule is CC/C=C\CC(C)C[C@H](CN)CC(=O)O. The van der Waals surface area contributed by atoms with Crippen LogP contribution in [0.4, 0.5) is 0 Å². The Balaban J connectivity index is 3.84. The van der Waals surface area contributed by atoms with Crippen molar-refractivity contribution in [3.05, 3.63) is 12.2 Å².